The number of rotatable bonds is 6. The lowest BCUT2D eigenvalue weighted by molar-refractivity contribution is -0.133. The van der Waals surface area contributed by atoms with Gasteiger partial charge in [-0.2, -0.15) is 0 Å². The molecule has 5 heteroatoms. The fourth-order valence-corrected chi connectivity index (χ4v) is 5.33. The van der Waals surface area contributed by atoms with E-state index in [-0.39, 0.29) is 11.9 Å². The Bertz CT molecular complexity index is 1070. The number of aryl methyl sites for hydroxylation is 3. The van der Waals surface area contributed by atoms with E-state index in [1.54, 1.807) is 25.6 Å². The van der Waals surface area contributed by atoms with Gasteiger partial charge in [-0.1, -0.05) is 29.8 Å². The Balaban J connectivity index is 1.64. The van der Waals surface area contributed by atoms with E-state index in [0.717, 1.165) is 24.2 Å². The molecule has 0 radical (unpaired) electrons. The smallest absolute Gasteiger partial charge is 0.223 e. The first-order valence-corrected chi connectivity index (χ1v) is 11.5. The molecule has 0 saturated heterocycles. The highest BCUT2D eigenvalue weighted by molar-refractivity contribution is 7.10. The number of methoxy groups -OCH3 is 2. The molecule has 1 amide bonds. The van der Waals surface area contributed by atoms with Gasteiger partial charge in [-0.05, 0) is 72.5 Å². The Labute approximate surface area is 188 Å². The summed E-state index contributed by atoms with van der Waals surface area (Å²) in [4.78, 5) is 16.6. The van der Waals surface area contributed by atoms with Crippen LogP contribution in [0.25, 0.3) is 0 Å². The summed E-state index contributed by atoms with van der Waals surface area (Å²) < 4.78 is 11.1. The van der Waals surface area contributed by atoms with Crippen molar-refractivity contribution in [2.24, 2.45) is 0 Å². The van der Waals surface area contributed by atoms with Gasteiger partial charge in [0.15, 0.2) is 11.5 Å². The molecule has 0 N–H and O–H groups in total. The van der Waals surface area contributed by atoms with E-state index in [4.69, 9.17) is 9.47 Å². The van der Waals surface area contributed by atoms with E-state index in [9.17, 15) is 4.79 Å². The van der Waals surface area contributed by atoms with Crippen LogP contribution in [0.2, 0.25) is 0 Å². The molecule has 4 nitrogen and oxygen atoms in total. The fourth-order valence-electron chi connectivity index (χ4n) is 4.48. The summed E-state index contributed by atoms with van der Waals surface area (Å²) in [6, 6.07) is 14.6. The SMILES string of the molecule is COc1cc2c(cc1OC)C(c1cccs1)N(C(=O)CCc1ccc(C)cc1C)CC2. The van der Waals surface area contributed by atoms with Crippen LogP contribution in [0.1, 0.15) is 45.2 Å². The molecule has 1 aliphatic heterocycles. The minimum absolute atomic E-state index is 0.0878. The number of ether oxygens (including phenoxy) is 2. The summed E-state index contributed by atoms with van der Waals surface area (Å²) in [5, 5.41) is 2.07. The van der Waals surface area contributed by atoms with Gasteiger partial charge in [-0.25, -0.2) is 0 Å². The molecule has 1 atom stereocenters. The van der Waals surface area contributed by atoms with Crippen LogP contribution in [0.5, 0.6) is 11.5 Å². The molecule has 4 rings (SSSR count). The summed E-state index contributed by atoms with van der Waals surface area (Å²) in [5.41, 5.74) is 6.10. The molecule has 0 bridgehead atoms. The van der Waals surface area contributed by atoms with Gasteiger partial charge < -0.3 is 14.4 Å². The van der Waals surface area contributed by atoms with E-state index in [0.29, 0.717) is 18.7 Å². The van der Waals surface area contributed by atoms with Crippen molar-refractivity contribution in [2.75, 3.05) is 20.8 Å². The Morgan fingerprint density at radius 3 is 2.55 bits per heavy atom. The molecule has 1 aromatic heterocycles. The summed E-state index contributed by atoms with van der Waals surface area (Å²) in [7, 11) is 3.31. The van der Waals surface area contributed by atoms with Crippen LogP contribution in [0, 0.1) is 13.8 Å². The first-order valence-electron chi connectivity index (χ1n) is 10.7. The van der Waals surface area contributed by atoms with Gasteiger partial charge in [0.2, 0.25) is 5.91 Å². The second-order valence-corrected chi connectivity index (χ2v) is 9.07. The molecular formula is C26H29NO3S. The van der Waals surface area contributed by atoms with E-state index in [1.807, 2.05) is 17.0 Å². The number of hydrogen-bond acceptors (Lipinski definition) is 4. The van der Waals surface area contributed by atoms with Crippen molar-refractivity contribution in [1.29, 1.82) is 0 Å². The standard InChI is InChI=1S/C26H29NO3S/c1-17-7-8-19(18(2)14-17)9-10-25(28)27-12-11-20-15-22(29-3)23(30-4)16-21(20)26(27)24-6-5-13-31-24/h5-8,13-16,26H,9-12H2,1-4H3. The third-order valence-electron chi connectivity index (χ3n) is 6.11. The quantitative estimate of drug-likeness (QED) is 0.514. The van der Waals surface area contributed by atoms with Gasteiger partial charge in [0, 0.05) is 17.8 Å². The van der Waals surface area contributed by atoms with Crippen LogP contribution in [0.4, 0.5) is 0 Å². The van der Waals surface area contributed by atoms with Gasteiger partial charge in [0.25, 0.3) is 0 Å². The lowest BCUT2D eigenvalue weighted by atomic mass is 9.90. The van der Waals surface area contributed by atoms with Crippen molar-refractivity contribution in [1.82, 2.24) is 4.90 Å². The summed E-state index contributed by atoms with van der Waals surface area (Å²) in [6.07, 6.45) is 2.08. The summed E-state index contributed by atoms with van der Waals surface area (Å²) in [5.74, 6) is 1.63. The molecule has 1 unspecified atom stereocenters. The zero-order chi connectivity index (χ0) is 22.0. The lowest BCUT2D eigenvalue weighted by Gasteiger charge is -2.37. The zero-order valence-corrected chi connectivity index (χ0v) is 19.4. The molecule has 162 valence electrons. The van der Waals surface area contributed by atoms with Crippen LogP contribution in [0.15, 0.2) is 47.8 Å². The first-order chi connectivity index (χ1) is 15.0. The summed E-state index contributed by atoms with van der Waals surface area (Å²) >= 11 is 1.69. The van der Waals surface area contributed by atoms with E-state index >= 15 is 0 Å². The molecule has 0 spiro atoms. The molecule has 2 aromatic carbocycles. The van der Waals surface area contributed by atoms with Gasteiger partial charge in [0.1, 0.15) is 0 Å². The zero-order valence-electron chi connectivity index (χ0n) is 18.6. The maximum absolute atomic E-state index is 13.4. The molecule has 31 heavy (non-hydrogen) atoms. The average molecular weight is 436 g/mol. The highest BCUT2D eigenvalue weighted by Gasteiger charge is 2.33. The minimum atomic E-state index is -0.0878. The van der Waals surface area contributed by atoms with Crippen molar-refractivity contribution in [3.05, 3.63) is 80.5 Å². The second-order valence-electron chi connectivity index (χ2n) is 8.09. The van der Waals surface area contributed by atoms with Crippen molar-refractivity contribution in [3.63, 3.8) is 0 Å². The maximum Gasteiger partial charge on any atom is 0.223 e. The van der Waals surface area contributed by atoms with Crippen molar-refractivity contribution < 1.29 is 14.3 Å². The van der Waals surface area contributed by atoms with Gasteiger partial charge in [0.05, 0.1) is 20.3 Å². The van der Waals surface area contributed by atoms with Crippen LogP contribution < -0.4 is 9.47 Å². The maximum atomic E-state index is 13.4. The lowest BCUT2D eigenvalue weighted by Crippen LogP contribution is -2.40. The largest absolute Gasteiger partial charge is 0.493 e. The third-order valence-corrected chi connectivity index (χ3v) is 7.04. The number of fused-ring (bicyclic) bond motifs is 1. The number of amides is 1. The predicted octanol–water partition coefficient (Wildman–Crippen LogP) is 5.49. The summed E-state index contributed by atoms with van der Waals surface area (Å²) in [6.45, 7) is 4.93. The Hall–Kier alpha value is -2.79. The third kappa shape index (κ3) is 4.33. The van der Waals surface area contributed by atoms with Crippen molar-refractivity contribution in [3.8, 4) is 11.5 Å². The molecular weight excluding hydrogens is 406 g/mol. The monoisotopic (exact) mass is 435 g/mol. The van der Waals surface area contributed by atoms with Crippen LogP contribution in [-0.2, 0) is 17.6 Å². The molecule has 0 saturated carbocycles. The Morgan fingerprint density at radius 1 is 1.10 bits per heavy atom. The highest BCUT2D eigenvalue weighted by atomic mass is 32.1. The number of hydrogen-bond donors (Lipinski definition) is 0. The number of benzene rings is 2. The van der Waals surface area contributed by atoms with Crippen LogP contribution in [0.3, 0.4) is 0 Å². The Morgan fingerprint density at radius 2 is 1.87 bits per heavy atom. The van der Waals surface area contributed by atoms with Gasteiger partial charge >= 0.3 is 0 Å². The first kappa shape index (κ1) is 21.4. The molecule has 2 heterocycles. The molecule has 0 aliphatic carbocycles. The van der Waals surface area contributed by atoms with E-state index in [2.05, 4.69) is 49.6 Å². The van der Waals surface area contributed by atoms with Gasteiger partial charge in [-0.15, -0.1) is 11.3 Å². The minimum Gasteiger partial charge on any atom is -0.493 e. The normalized spacial score (nSPS) is 15.5. The van der Waals surface area contributed by atoms with E-state index < -0.39 is 0 Å². The molecule has 1 aliphatic rings. The Kier molecular flexibility index (Phi) is 6.33. The van der Waals surface area contributed by atoms with Crippen LogP contribution in [-0.4, -0.2) is 31.6 Å². The number of thiophene rings is 1. The number of carbonyl (C=O) groups is 1. The highest BCUT2D eigenvalue weighted by Crippen LogP contribution is 2.42. The molecule has 0 fully saturated rings. The molecule has 3 aromatic rings. The van der Waals surface area contributed by atoms with Crippen LogP contribution >= 0.6 is 11.3 Å². The second kappa shape index (κ2) is 9.15. The van der Waals surface area contributed by atoms with E-state index in [1.165, 1.54) is 27.1 Å². The van der Waals surface area contributed by atoms with Crippen molar-refractivity contribution >= 4 is 17.2 Å². The van der Waals surface area contributed by atoms with Crippen molar-refractivity contribution in [2.45, 2.75) is 39.2 Å². The average Bonchev–Trinajstić information content (AvgIpc) is 3.31. The number of nitrogens with zero attached hydrogens (tertiary/aromatic N) is 1. The topological polar surface area (TPSA) is 38.8 Å². The number of carbonyl (C=O) groups excluding carboxylic acids is 1. The van der Waals surface area contributed by atoms with Gasteiger partial charge in [-0.3, -0.25) is 4.79 Å². The fraction of sp³-hybridized carbons (Fsp3) is 0.346. The predicted molar refractivity (Wildman–Crippen MR) is 125 cm³/mol.